The Morgan fingerprint density at radius 1 is 1.44 bits per heavy atom. The molecule has 1 aromatic carbocycles. The van der Waals surface area contributed by atoms with E-state index in [1.807, 2.05) is 39.2 Å². The number of hydrogen-bond acceptors (Lipinski definition) is 3. The molecule has 0 aliphatic carbocycles. The Kier molecular flexibility index (Phi) is 7.39. The van der Waals surface area contributed by atoms with Gasteiger partial charge in [0.05, 0.1) is 0 Å². The number of carbonyl (C=O) groups excluding carboxylic acids is 1. The molecule has 102 valence electrons. The number of benzene rings is 1. The second-order valence-corrected chi connectivity index (χ2v) is 4.13. The number of amides is 1. The van der Waals surface area contributed by atoms with Crippen molar-refractivity contribution in [2.24, 2.45) is 0 Å². The number of halogens is 1. The number of ether oxygens (including phenoxy) is 1. The third-order valence-corrected chi connectivity index (χ3v) is 2.65. The molecule has 4 nitrogen and oxygen atoms in total. The summed E-state index contributed by atoms with van der Waals surface area (Å²) < 4.78 is 5.16. The van der Waals surface area contributed by atoms with Crippen molar-refractivity contribution in [3.63, 3.8) is 0 Å². The van der Waals surface area contributed by atoms with E-state index in [1.165, 1.54) is 0 Å². The quantitative estimate of drug-likeness (QED) is 0.916. The van der Waals surface area contributed by atoms with E-state index in [4.69, 9.17) is 4.74 Å². The minimum absolute atomic E-state index is 0. The fourth-order valence-electron chi connectivity index (χ4n) is 1.42. The molecule has 0 spiro atoms. The van der Waals surface area contributed by atoms with Gasteiger partial charge < -0.3 is 15.0 Å². The Morgan fingerprint density at radius 3 is 2.67 bits per heavy atom. The van der Waals surface area contributed by atoms with Gasteiger partial charge in [-0.3, -0.25) is 0 Å². The molecule has 0 aliphatic rings. The van der Waals surface area contributed by atoms with Crippen molar-refractivity contribution in [2.75, 3.05) is 20.6 Å². The lowest BCUT2D eigenvalue weighted by molar-refractivity contribution is 0.201. The summed E-state index contributed by atoms with van der Waals surface area (Å²) in [7, 11) is 4.03. The number of carbonyl (C=O) groups is 1. The predicted molar refractivity (Wildman–Crippen MR) is 75.5 cm³/mol. The molecule has 1 unspecified atom stereocenters. The molecule has 0 bridgehead atoms. The number of rotatable bonds is 4. The molecule has 0 saturated carbocycles. The maximum Gasteiger partial charge on any atom is 0.412 e. The average Bonchev–Trinajstić information content (AvgIpc) is 2.28. The van der Waals surface area contributed by atoms with E-state index in [2.05, 4.69) is 17.1 Å². The zero-order chi connectivity index (χ0) is 12.8. The molecule has 1 aromatic rings. The smallest absolute Gasteiger partial charge is 0.410 e. The molecule has 1 atom stereocenters. The molecule has 0 aromatic heterocycles. The topological polar surface area (TPSA) is 41.6 Å². The minimum atomic E-state index is -0.415. The zero-order valence-electron chi connectivity index (χ0n) is 11.3. The summed E-state index contributed by atoms with van der Waals surface area (Å²) in [6.45, 7) is 4.52. The van der Waals surface area contributed by atoms with Gasteiger partial charge in [0.2, 0.25) is 0 Å². The highest BCUT2D eigenvalue weighted by molar-refractivity contribution is 5.85. The van der Waals surface area contributed by atoms with Crippen molar-refractivity contribution in [1.29, 1.82) is 0 Å². The van der Waals surface area contributed by atoms with Gasteiger partial charge in [0.1, 0.15) is 5.75 Å². The first kappa shape index (κ1) is 16.7. The van der Waals surface area contributed by atoms with Gasteiger partial charge in [0.15, 0.2) is 0 Å². The summed E-state index contributed by atoms with van der Waals surface area (Å²) in [6, 6.07) is 7.87. The Labute approximate surface area is 115 Å². The first-order chi connectivity index (χ1) is 8.04. The van der Waals surface area contributed by atoms with Crippen molar-refractivity contribution in [3.8, 4) is 5.75 Å². The molecule has 18 heavy (non-hydrogen) atoms. The lowest BCUT2D eigenvalue weighted by atomic mass is 10.1. The van der Waals surface area contributed by atoms with Crippen molar-refractivity contribution in [1.82, 2.24) is 10.2 Å². The van der Waals surface area contributed by atoms with Crippen LogP contribution in [0.3, 0.4) is 0 Å². The molecule has 1 N–H and O–H groups in total. The molecular weight excluding hydrogens is 252 g/mol. The maximum atomic E-state index is 11.3. The first-order valence-corrected chi connectivity index (χ1v) is 5.76. The lowest BCUT2D eigenvalue weighted by Crippen LogP contribution is -2.26. The van der Waals surface area contributed by atoms with Crippen LogP contribution < -0.4 is 10.1 Å². The summed E-state index contributed by atoms with van der Waals surface area (Å²) in [4.78, 5) is 13.4. The highest BCUT2D eigenvalue weighted by atomic mass is 35.5. The third kappa shape index (κ3) is 4.94. The van der Waals surface area contributed by atoms with Gasteiger partial charge >= 0.3 is 6.09 Å². The Balaban J connectivity index is 0.00000289. The van der Waals surface area contributed by atoms with Crippen molar-refractivity contribution in [2.45, 2.75) is 19.9 Å². The molecule has 0 radical (unpaired) electrons. The highest BCUT2D eigenvalue weighted by Gasteiger charge is 2.09. The van der Waals surface area contributed by atoms with Crippen LogP contribution in [0, 0.1) is 0 Å². The van der Waals surface area contributed by atoms with Gasteiger partial charge in [-0.15, -0.1) is 12.4 Å². The Morgan fingerprint density at radius 2 is 2.11 bits per heavy atom. The van der Waals surface area contributed by atoms with Gasteiger partial charge in [-0.25, -0.2) is 4.79 Å². The second-order valence-electron chi connectivity index (χ2n) is 4.13. The minimum Gasteiger partial charge on any atom is -0.410 e. The molecule has 0 aliphatic heterocycles. The summed E-state index contributed by atoms with van der Waals surface area (Å²) in [6.07, 6.45) is -0.415. The Bertz CT molecular complexity index is 383. The standard InChI is InChI=1S/C13H20N2O2.ClH/c1-5-14-13(16)17-12-8-6-7-11(9-12)10(2)15(3)4;/h6-10H,5H2,1-4H3,(H,14,16);1H. The van der Waals surface area contributed by atoms with E-state index >= 15 is 0 Å². The second kappa shape index (κ2) is 7.95. The fraction of sp³-hybridized carbons (Fsp3) is 0.462. The first-order valence-electron chi connectivity index (χ1n) is 5.76. The molecule has 0 heterocycles. The molecule has 5 heteroatoms. The fourth-order valence-corrected chi connectivity index (χ4v) is 1.42. The van der Waals surface area contributed by atoms with Gasteiger partial charge in [0, 0.05) is 12.6 Å². The zero-order valence-corrected chi connectivity index (χ0v) is 12.1. The Hall–Kier alpha value is -1.26. The van der Waals surface area contributed by atoms with E-state index < -0.39 is 6.09 Å². The van der Waals surface area contributed by atoms with Crippen LogP contribution in [-0.4, -0.2) is 31.6 Å². The molecule has 1 amide bonds. The monoisotopic (exact) mass is 272 g/mol. The van der Waals surface area contributed by atoms with Crippen molar-refractivity contribution in [3.05, 3.63) is 29.8 Å². The summed E-state index contributed by atoms with van der Waals surface area (Å²) in [5, 5.41) is 2.59. The SMILES string of the molecule is CCNC(=O)Oc1cccc(C(C)N(C)C)c1.Cl. The predicted octanol–water partition coefficient (Wildman–Crippen LogP) is 2.84. The molecule has 1 rings (SSSR count). The van der Waals surface area contributed by atoms with Crippen LogP contribution in [0.5, 0.6) is 5.75 Å². The number of nitrogens with one attached hydrogen (secondary N) is 1. The van der Waals surface area contributed by atoms with E-state index in [0.29, 0.717) is 12.3 Å². The number of nitrogens with zero attached hydrogens (tertiary/aromatic N) is 1. The number of hydrogen-bond donors (Lipinski definition) is 1. The van der Waals surface area contributed by atoms with E-state index in [0.717, 1.165) is 5.56 Å². The van der Waals surface area contributed by atoms with E-state index in [1.54, 1.807) is 6.07 Å². The summed E-state index contributed by atoms with van der Waals surface area (Å²) >= 11 is 0. The van der Waals surface area contributed by atoms with E-state index in [-0.39, 0.29) is 18.4 Å². The third-order valence-electron chi connectivity index (χ3n) is 2.65. The largest absolute Gasteiger partial charge is 0.412 e. The summed E-state index contributed by atoms with van der Waals surface area (Å²) in [5.41, 5.74) is 1.12. The van der Waals surface area contributed by atoms with Crippen LogP contribution in [-0.2, 0) is 0 Å². The molecule has 0 saturated heterocycles. The van der Waals surface area contributed by atoms with Gasteiger partial charge in [-0.05, 0) is 45.6 Å². The highest BCUT2D eigenvalue weighted by Crippen LogP contribution is 2.21. The van der Waals surface area contributed by atoms with Crippen LogP contribution in [0.1, 0.15) is 25.5 Å². The van der Waals surface area contributed by atoms with Crippen molar-refractivity contribution >= 4 is 18.5 Å². The molecular formula is C13H21ClN2O2. The van der Waals surface area contributed by atoms with E-state index in [9.17, 15) is 4.79 Å². The van der Waals surface area contributed by atoms with Gasteiger partial charge in [-0.1, -0.05) is 12.1 Å². The normalized spacial score (nSPS) is 11.6. The van der Waals surface area contributed by atoms with Crippen LogP contribution >= 0.6 is 12.4 Å². The van der Waals surface area contributed by atoms with Crippen LogP contribution in [0.15, 0.2) is 24.3 Å². The van der Waals surface area contributed by atoms with Crippen molar-refractivity contribution < 1.29 is 9.53 Å². The average molecular weight is 273 g/mol. The summed E-state index contributed by atoms with van der Waals surface area (Å²) in [5.74, 6) is 0.571. The molecule has 0 fully saturated rings. The van der Waals surface area contributed by atoms with Gasteiger partial charge in [0.25, 0.3) is 0 Å². The van der Waals surface area contributed by atoms with Crippen LogP contribution in [0.25, 0.3) is 0 Å². The van der Waals surface area contributed by atoms with Crippen LogP contribution in [0.2, 0.25) is 0 Å². The van der Waals surface area contributed by atoms with Gasteiger partial charge in [-0.2, -0.15) is 0 Å². The maximum absolute atomic E-state index is 11.3. The lowest BCUT2D eigenvalue weighted by Gasteiger charge is -2.20. The van der Waals surface area contributed by atoms with Crippen LogP contribution in [0.4, 0.5) is 4.79 Å².